The first kappa shape index (κ1) is 27.2. The minimum atomic E-state index is -0.764. The molecule has 0 saturated carbocycles. The zero-order chi connectivity index (χ0) is 32.7. The second-order valence-corrected chi connectivity index (χ2v) is 11.3. The van der Waals surface area contributed by atoms with E-state index in [2.05, 4.69) is 16.5 Å². The van der Waals surface area contributed by atoms with Crippen LogP contribution in [0, 0.1) is 18.6 Å². The van der Waals surface area contributed by atoms with Crippen LogP contribution in [0.1, 0.15) is 53.2 Å². The van der Waals surface area contributed by atoms with Gasteiger partial charge in [0.1, 0.15) is 17.5 Å². The largest absolute Gasteiger partial charge is 0.354 e. The van der Waals surface area contributed by atoms with Crippen LogP contribution in [0.3, 0.4) is 0 Å². The van der Waals surface area contributed by atoms with Crippen molar-refractivity contribution in [1.82, 2.24) is 19.4 Å². The molecule has 43 heavy (non-hydrogen) atoms. The van der Waals surface area contributed by atoms with E-state index >= 15 is 8.78 Å². The molecule has 2 aromatic heterocycles. The van der Waals surface area contributed by atoms with Gasteiger partial charge in [0.2, 0.25) is 5.91 Å². The van der Waals surface area contributed by atoms with E-state index < -0.39 is 23.9 Å². The van der Waals surface area contributed by atoms with Crippen LogP contribution in [0.4, 0.5) is 14.6 Å². The lowest BCUT2D eigenvalue weighted by atomic mass is 9.96. The van der Waals surface area contributed by atoms with Gasteiger partial charge >= 0.3 is 5.69 Å². The summed E-state index contributed by atoms with van der Waals surface area (Å²) in [7, 11) is 0. The number of aromatic nitrogens is 3. The van der Waals surface area contributed by atoms with Gasteiger partial charge in [0.05, 0.1) is 19.6 Å². The van der Waals surface area contributed by atoms with E-state index in [4.69, 9.17) is 2.74 Å². The molecule has 4 aromatic rings. The third-order valence-electron chi connectivity index (χ3n) is 8.01. The molecule has 1 saturated heterocycles. The van der Waals surface area contributed by atoms with Crippen molar-refractivity contribution < 1.29 is 16.3 Å². The summed E-state index contributed by atoms with van der Waals surface area (Å²) < 4.78 is 48.4. The maximum absolute atomic E-state index is 16.3. The number of aryl methyl sites for hydroxylation is 1. The Morgan fingerprint density at radius 3 is 2.51 bits per heavy atom. The average molecular weight is 586 g/mol. The molecule has 0 radical (unpaired) electrons. The molecule has 9 heteroatoms. The van der Waals surface area contributed by atoms with Gasteiger partial charge in [-0.1, -0.05) is 45.2 Å². The maximum atomic E-state index is 16.3. The van der Waals surface area contributed by atoms with Gasteiger partial charge in [0, 0.05) is 47.9 Å². The number of pyridine rings is 1. The summed E-state index contributed by atoms with van der Waals surface area (Å²) >= 11 is 0. The van der Waals surface area contributed by atoms with Crippen molar-refractivity contribution in [2.45, 2.75) is 52.6 Å². The lowest BCUT2D eigenvalue weighted by Crippen LogP contribution is -2.58. The Labute approximate surface area is 252 Å². The van der Waals surface area contributed by atoms with Crippen LogP contribution in [0.15, 0.2) is 66.6 Å². The van der Waals surface area contributed by atoms with Gasteiger partial charge in [-0.2, -0.15) is 4.98 Å². The maximum Gasteiger partial charge on any atom is 0.354 e. The SMILES string of the molecule is [2H]C([2H])=Cc1cccc(F)c1-c1cc2c(cc1F)c(N1[C@@H](C)CN(C(=O)C=C)C[C@@H]1C)nc(=O)n2-c1c(C)ccnc1C(C)C. The summed E-state index contributed by atoms with van der Waals surface area (Å²) in [6.07, 6.45) is 4.07. The Morgan fingerprint density at radius 2 is 1.86 bits per heavy atom. The molecular formula is C34H35F2N5O2. The molecule has 1 amide bonds. The Morgan fingerprint density at radius 1 is 1.14 bits per heavy atom. The van der Waals surface area contributed by atoms with Crippen LogP contribution in [0.2, 0.25) is 0 Å². The van der Waals surface area contributed by atoms with Gasteiger partial charge in [-0.3, -0.25) is 14.3 Å². The number of piperazine rings is 1. The van der Waals surface area contributed by atoms with Crippen LogP contribution >= 0.6 is 0 Å². The molecule has 5 rings (SSSR count). The van der Waals surface area contributed by atoms with Crippen molar-refractivity contribution in [1.29, 1.82) is 0 Å². The van der Waals surface area contributed by atoms with E-state index in [1.54, 1.807) is 17.2 Å². The number of amides is 1. The lowest BCUT2D eigenvalue weighted by molar-refractivity contribution is -0.127. The monoisotopic (exact) mass is 585 g/mol. The fourth-order valence-electron chi connectivity index (χ4n) is 6.11. The predicted octanol–water partition coefficient (Wildman–Crippen LogP) is 6.41. The van der Waals surface area contributed by atoms with Gasteiger partial charge in [-0.05, 0) is 68.2 Å². The fourth-order valence-corrected chi connectivity index (χ4v) is 6.11. The Kier molecular flexibility index (Phi) is 7.30. The molecule has 0 unspecified atom stereocenters. The molecule has 0 bridgehead atoms. The smallest absolute Gasteiger partial charge is 0.347 e. The number of rotatable bonds is 6. The molecule has 0 spiro atoms. The molecule has 0 N–H and O–H groups in total. The number of carbonyl (C=O) groups is 1. The molecule has 7 nitrogen and oxygen atoms in total. The highest BCUT2D eigenvalue weighted by Crippen LogP contribution is 2.38. The molecule has 1 aliphatic heterocycles. The summed E-state index contributed by atoms with van der Waals surface area (Å²) in [5.74, 6) is -1.53. The highest BCUT2D eigenvalue weighted by molar-refractivity contribution is 5.95. The van der Waals surface area contributed by atoms with E-state index in [0.29, 0.717) is 35.4 Å². The number of carbonyl (C=O) groups excluding carboxylic acids is 1. The first-order valence-corrected chi connectivity index (χ1v) is 14.2. The molecule has 222 valence electrons. The first-order chi connectivity index (χ1) is 21.3. The van der Waals surface area contributed by atoms with Crippen LogP contribution in [-0.2, 0) is 4.79 Å². The number of fused-ring (bicyclic) bond motifs is 1. The third-order valence-corrected chi connectivity index (χ3v) is 8.01. The minimum absolute atomic E-state index is 0.0761. The molecule has 2 atom stereocenters. The fraction of sp³-hybridized carbons (Fsp3) is 0.294. The summed E-state index contributed by atoms with van der Waals surface area (Å²) in [5.41, 5.74) is 1.46. The Bertz CT molecular complexity index is 1910. The minimum Gasteiger partial charge on any atom is -0.347 e. The first-order valence-electron chi connectivity index (χ1n) is 15.2. The van der Waals surface area contributed by atoms with Crippen molar-refractivity contribution in [2.75, 3.05) is 18.0 Å². The van der Waals surface area contributed by atoms with Crippen molar-refractivity contribution in [3.8, 4) is 16.8 Å². The van der Waals surface area contributed by atoms with E-state index in [1.165, 1.54) is 41.0 Å². The number of halogens is 2. The lowest BCUT2D eigenvalue weighted by Gasteiger charge is -2.45. The van der Waals surface area contributed by atoms with Gasteiger partial charge in [0.25, 0.3) is 0 Å². The Balaban J connectivity index is 1.88. The van der Waals surface area contributed by atoms with Crippen LogP contribution in [-0.4, -0.2) is 50.5 Å². The van der Waals surface area contributed by atoms with Gasteiger partial charge in [0.15, 0.2) is 0 Å². The molecule has 1 fully saturated rings. The van der Waals surface area contributed by atoms with Gasteiger partial charge < -0.3 is 9.80 Å². The number of benzene rings is 2. The Hall–Kier alpha value is -4.66. The summed E-state index contributed by atoms with van der Waals surface area (Å²) in [6, 6.07) is 8.02. The number of hydrogen-bond donors (Lipinski definition) is 0. The molecule has 2 aromatic carbocycles. The molecule has 1 aliphatic rings. The van der Waals surface area contributed by atoms with Crippen LogP contribution < -0.4 is 10.6 Å². The standard InChI is InChI=1S/C34H35F2N5O2/c1-8-23-11-10-12-26(35)30(23)24-16-28-25(15-27(24)36)33(40-21(6)17-39(18-22(40)7)29(42)9-2)38-34(43)41(28)32-20(5)13-14-37-31(32)19(3)4/h8-16,19,21-22H,1-2,17-18H2,3-7H3/t21-,22-/m0/s1/i1D2. The normalized spacial score (nSPS) is 17.6. The summed E-state index contributed by atoms with van der Waals surface area (Å²) in [6.45, 7) is 13.3. The van der Waals surface area contributed by atoms with E-state index in [9.17, 15) is 9.59 Å². The molecule has 3 heterocycles. The second kappa shape index (κ2) is 11.6. The molecule has 0 aliphatic carbocycles. The quantitative estimate of drug-likeness (QED) is 0.245. The highest BCUT2D eigenvalue weighted by atomic mass is 19.1. The number of hydrogen-bond acceptors (Lipinski definition) is 5. The van der Waals surface area contributed by atoms with Crippen molar-refractivity contribution in [3.05, 3.63) is 101 Å². The van der Waals surface area contributed by atoms with E-state index in [1.807, 2.05) is 39.5 Å². The number of anilines is 1. The second-order valence-electron chi connectivity index (χ2n) is 11.3. The van der Waals surface area contributed by atoms with E-state index in [0.717, 1.165) is 11.6 Å². The van der Waals surface area contributed by atoms with Crippen molar-refractivity contribution >= 4 is 28.7 Å². The zero-order valence-corrected chi connectivity index (χ0v) is 24.9. The average Bonchev–Trinajstić information content (AvgIpc) is 2.97. The third kappa shape index (κ3) is 5.13. The summed E-state index contributed by atoms with van der Waals surface area (Å²) in [5, 5.41) is 0.325. The van der Waals surface area contributed by atoms with Gasteiger partial charge in [-0.15, -0.1) is 0 Å². The van der Waals surface area contributed by atoms with Gasteiger partial charge in [-0.25, -0.2) is 13.6 Å². The predicted molar refractivity (Wildman–Crippen MR) is 168 cm³/mol. The summed E-state index contributed by atoms with van der Waals surface area (Å²) in [4.78, 5) is 39.3. The number of nitrogens with zero attached hydrogens (tertiary/aromatic N) is 5. The van der Waals surface area contributed by atoms with E-state index in [-0.39, 0.29) is 46.4 Å². The highest BCUT2D eigenvalue weighted by Gasteiger charge is 2.34. The van der Waals surface area contributed by atoms with Crippen molar-refractivity contribution in [3.63, 3.8) is 0 Å². The van der Waals surface area contributed by atoms with Crippen molar-refractivity contribution in [2.24, 2.45) is 0 Å². The molecular weight excluding hydrogens is 548 g/mol. The van der Waals surface area contributed by atoms with Crippen LogP contribution in [0.5, 0.6) is 0 Å². The topological polar surface area (TPSA) is 71.3 Å². The zero-order valence-electron chi connectivity index (χ0n) is 26.9. The van der Waals surface area contributed by atoms with Crippen LogP contribution in [0.25, 0.3) is 33.8 Å².